The van der Waals surface area contributed by atoms with Crippen LogP contribution in [0.4, 0.5) is 0 Å². The molecule has 1 nitrogen and oxygen atoms in total. The minimum absolute atomic E-state index is 0.0111. The molecule has 1 aromatic carbocycles. The van der Waals surface area contributed by atoms with E-state index in [1.807, 2.05) is 83.2 Å². The summed E-state index contributed by atoms with van der Waals surface area (Å²) >= 11 is 0. The monoisotopic (exact) mass is 284 g/mol. The number of ketones is 1. The molecular weight excluding hydrogens is 256 g/mol. The third-order valence-corrected chi connectivity index (χ3v) is 2.24. The minimum Gasteiger partial charge on any atom is -0.289 e. The predicted octanol–water partition coefficient (Wildman–Crippen LogP) is 6.17. The third kappa shape index (κ3) is 10.3. The molecule has 114 valence electrons. The van der Waals surface area contributed by atoms with Crippen molar-refractivity contribution in [3.63, 3.8) is 0 Å². The van der Waals surface area contributed by atoms with Crippen molar-refractivity contribution in [1.82, 2.24) is 0 Å². The summed E-state index contributed by atoms with van der Waals surface area (Å²) < 4.78 is 0. The van der Waals surface area contributed by atoms with Gasteiger partial charge in [0.25, 0.3) is 0 Å². The Morgan fingerprint density at radius 1 is 0.952 bits per heavy atom. The van der Waals surface area contributed by atoms with Crippen LogP contribution in [-0.2, 0) is 0 Å². The largest absolute Gasteiger partial charge is 0.289 e. The number of hydrogen-bond donors (Lipinski definition) is 0. The van der Waals surface area contributed by atoms with Crippen LogP contribution in [-0.4, -0.2) is 5.78 Å². The first-order chi connectivity index (χ1) is 10.3. The van der Waals surface area contributed by atoms with Crippen LogP contribution in [0.25, 0.3) is 0 Å². The molecule has 0 atom stereocenters. The van der Waals surface area contributed by atoms with Crippen molar-refractivity contribution in [2.24, 2.45) is 0 Å². The fraction of sp³-hybridized carbons (Fsp3) is 0.250. The van der Waals surface area contributed by atoms with Crippen molar-refractivity contribution in [1.29, 1.82) is 0 Å². The van der Waals surface area contributed by atoms with Crippen LogP contribution in [0.2, 0.25) is 0 Å². The van der Waals surface area contributed by atoms with Crippen molar-refractivity contribution in [3.05, 3.63) is 84.5 Å². The fourth-order valence-electron chi connectivity index (χ4n) is 1.30. The van der Waals surface area contributed by atoms with Crippen molar-refractivity contribution < 1.29 is 4.79 Å². The van der Waals surface area contributed by atoms with Gasteiger partial charge in [0.15, 0.2) is 5.78 Å². The first-order valence-electron chi connectivity index (χ1n) is 7.51. The highest BCUT2D eigenvalue weighted by Crippen LogP contribution is 2.04. The van der Waals surface area contributed by atoms with Gasteiger partial charge in [0.05, 0.1) is 0 Å². The summed E-state index contributed by atoms with van der Waals surface area (Å²) in [6, 6.07) is 9.22. The maximum absolute atomic E-state index is 11.8. The van der Waals surface area contributed by atoms with E-state index in [-0.39, 0.29) is 5.78 Å². The third-order valence-electron chi connectivity index (χ3n) is 2.24. The molecule has 0 aromatic heterocycles. The van der Waals surface area contributed by atoms with Gasteiger partial charge in [0, 0.05) is 5.56 Å². The number of hydrogen-bond acceptors (Lipinski definition) is 1. The maximum Gasteiger partial charge on any atom is 0.185 e. The molecule has 0 heterocycles. The molecule has 0 aliphatic heterocycles. The maximum atomic E-state index is 11.8. The van der Waals surface area contributed by atoms with Gasteiger partial charge in [-0.05, 0) is 18.6 Å². The summed E-state index contributed by atoms with van der Waals surface area (Å²) in [4.78, 5) is 11.8. The molecule has 0 fully saturated rings. The van der Waals surface area contributed by atoms with E-state index in [0.717, 1.165) is 5.57 Å². The van der Waals surface area contributed by atoms with Crippen LogP contribution in [0.1, 0.15) is 45.0 Å². The Balaban J connectivity index is 0. The molecule has 0 N–H and O–H groups in total. The average Bonchev–Trinajstić information content (AvgIpc) is 2.59. The zero-order valence-electron chi connectivity index (χ0n) is 14.0. The van der Waals surface area contributed by atoms with Gasteiger partial charge < -0.3 is 0 Å². The van der Waals surface area contributed by atoms with E-state index in [0.29, 0.717) is 5.56 Å². The lowest BCUT2D eigenvalue weighted by Gasteiger charge is -1.94. The second-order valence-corrected chi connectivity index (χ2v) is 3.45. The highest BCUT2D eigenvalue weighted by Gasteiger charge is 1.98. The predicted molar refractivity (Wildman–Crippen MR) is 95.7 cm³/mol. The molecule has 0 amide bonds. The molecule has 0 aliphatic rings. The summed E-state index contributed by atoms with van der Waals surface area (Å²) in [5.74, 6) is 0.0111. The zero-order valence-corrected chi connectivity index (χ0v) is 14.0. The molecule has 1 rings (SSSR count). The SMILES string of the molecule is C=C\C=C/C(/C=C/C(=O)c1ccccc1)=C\C.CC.CC. The lowest BCUT2D eigenvalue weighted by Crippen LogP contribution is -1.92. The van der Waals surface area contributed by atoms with E-state index in [4.69, 9.17) is 0 Å². The van der Waals surface area contributed by atoms with Crippen LogP contribution in [0.5, 0.6) is 0 Å². The number of carbonyl (C=O) groups excluding carboxylic acids is 1. The second kappa shape index (κ2) is 15.9. The molecule has 0 radical (unpaired) electrons. The molecule has 21 heavy (non-hydrogen) atoms. The molecule has 0 saturated carbocycles. The van der Waals surface area contributed by atoms with E-state index in [9.17, 15) is 4.79 Å². The van der Waals surface area contributed by atoms with Gasteiger partial charge in [0.1, 0.15) is 0 Å². The smallest absolute Gasteiger partial charge is 0.185 e. The van der Waals surface area contributed by atoms with Gasteiger partial charge in [0.2, 0.25) is 0 Å². The Kier molecular flexibility index (Phi) is 16.0. The van der Waals surface area contributed by atoms with Gasteiger partial charge in [-0.15, -0.1) is 0 Å². The molecule has 0 saturated heterocycles. The normalized spacial score (nSPS) is 10.4. The Hall–Kier alpha value is -2.15. The number of rotatable bonds is 5. The Morgan fingerprint density at radius 2 is 1.52 bits per heavy atom. The fourth-order valence-corrected chi connectivity index (χ4v) is 1.30. The lowest BCUT2D eigenvalue weighted by atomic mass is 10.1. The molecule has 0 aliphatic carbocycles. The average molecular weight is 284 g/mol. The van der Waals surface area contributed by atoms with E-state index in [1.54, 1.807) is 18.2 Å². The number of carbonyl (C=O) groups is 1. The Labute approximate surface area is 130 Å². The minimum atomic E-state index is 0.0111. The lowest BCUT2D eigenvalue weighted by molar-refractivity contribution is 0.104. The van der Waals surface area contributed by atoms with Crippen molar-refractivity contribution in [2.75, 3.05) is 0 Å². The van der Waals surface area contributed by atoms with Gasteiger partial charge in [-0.3, -0.25) is 4.79 Å². The molecule has 0 spiro atoms. The van der Waals surface area contributed by atoms with Gasteiger partial charge in [-0.2, -0.15) is 0 Å². The first-order valence-corrected chi connectivity index (χ1v) is 7.51. The van der Waals surface area contributed by atoms with Crippen LogP contribution in [0, 0.1) is 0 Å². The van der Waals surface area contributed by atoms with E-state index in [1.165, 1.54) is 0 Å². The summed E-state index contributed by atoms with van der Waals surface area (Å²) in [6.45, 7) is 13.5. The van der Waals surface area contributed by atoms with Crippen molar-refractivity contribution in [2.45, 2.75) is 34.6 Å². The summed E-state index contributed by atoms with van der Waals surface area (Å²) in [5, 5.41) is 0. The molecule has 0 bridgehead atoms. The molecule has 1 aromatic rings. The number of benzene rings is 1. The second-order valence-electron chi connectivity index (χ2n) is 3.45. The Bertz CT molecular complexity index is 462. The first kappa shape index (κ1) is 21.2. The van der Waals surface area contributed by atoms with Crippen LogP contribution in [0.3, 0.4) is 0 Å². The van der Waals surface area contributed by atoms with Gasteiger partial charge >= 0.3 is 0 Å². The molecular formula is C20H28O. The quantitative estimate of drug-likeness (QED) is 0.359. The van der Waals surface area contributed by atoms with E-state index in [2.05, 4.69) is 6.58 Å². The van der Waals surface area contributed by atoms with Crippen LogP contribution >= 0.6 is 0 Å². The topological polar surface area (TPSA) is 17.1 Å². The standard InChI is InChI=1S/C16H16O.2C2H6/c1-3-5-9-14(4-2)12-13-16(17)15-10-7-6-8-11-15;2*1-2/h3-13H,1H2,2H3;2*1-2H3/b9-5-,13-12+,14-4+;;. The van der Waals surface area contributed by atoms with Crippen LogP contribution < -0.4 is 0 Å². The van der Waals surface area contributed by atoms with E-state index >= 15 is 0 Å². The van der Waals surface area contributed by atoms with Gasteiger partial charge in [-0.25, -0.2) is 0 Å². The molecule has 1 heteroatoms. The molecule has 0 unspecified atom stereocenters. The van der Waals surface area contributed by atoms with E-state index < -0.39 is 0 Å². The van der Waals surface area contributed by atoms with Crippen molar-refractivity contribution in [3.8, 4) is 0 Å². The van der Waals surface area contributed by atoms with Gasteiger partial charge in [-0.1, -0.05) is 95.0 Å². The van der Waals surface area contributed by atoms with Crippen LogP contribution in [0.15, 0.2) is 78.9 Å². The van der Waals surface area contributed by atoms with Crippen molar-refractivity contribution >= 4 is 5.78 Å². The summed E-state index contributed by atoms with van der Waals surface area (Å²) in [5.41, 5.74) is 1.68. The number of allylic oxidation sites excluding steroid dienone is 7. The summed E-state index contributed by atoms with van der Waals surface area (Å²) in [6.07, 6.45) is 10.8. The highest BCUT2D eigenvalue weighted by molar-refractivity contribution is 6.04. The Morgan fingerprint density at radius 3 is 2.00 bits per heavy atom. The highest BCUT2D eigenvalue weighted by atomic mass is 16.1. The summed E-state index contributed by atoms with van der Waals surface area (Å²) in [7, 11) is 0. The zero-order chi connectivity index (χ0) is 16.5.